The lowest BCUT2D eigenvalue weighted by molar-refractivity contribution is 0.148. The van der Waals surface area contributed by atoms with Gasteiger partial charge in [0.2, 0.25) is 0 Å². The molecule has 0 saturated heterocycles. The van der Waals surface area contributed by atoms with E-state index in [1.807, 2.05) is 0 Å². The van der Waals surface area contributed by atoms with Crippen molar-refractivity contribution < 1.29 is 17.2 Å². The van der Waals surface area contributed by atoms with Crippen molar-refractivity contribution in [2.75, 3.05) is 0 Å². The maximum absolute atomic E-state index is 12.4. The molecule has 15 heavy (non-hydrogen) atoms. The van der Waals surface area contributed by atoms with Gasteiger partial charge < -0.3 is 0 Å². The molecule has 0 saturated carbocycles. The van der Waals surface area contributed by atoms with E-state index >= 15 is 0 Å². The van der Waals surface area contributed by atoms with E-state index in [0.717, 1.165) is 0 Å². The summed E-state index contributed by atoms with van der Waals surface area (Å²) < 4.78 is 46.6. The molecule has 0 fully saturated rings. The molecule has 0 spiro atoms. The maximum Gasteiger partial charge on any atom is 0.265 e. The number of pyridine rings is 1. The summed E-state index contributed by atoms with van der Waals surface area (Å²) in [7, 11) is 0.636. The predicted molar refractivity (Wildman–Crippen MR) is 46.9 cm³/mol. The Hall–Kier alpha value is -1.26. The van der Waals surface area contributed by atoms with E-state index < -0.39 is 25.9 Å². The Kier molecular flexibility index (Phi) is 3.21. The van der Waals surface area contributed by atoms with Gasteiger partial charge in [0, 0.05) is 22.4 Å². The Balaban J connectivity index is 3.50. The topological polar surface area (TPSA) is 70.8 Å². The van der Waals surface area contributed by atoms with Crippen LogP contribution in [0.25, 0.3) is 0 Å². The van der Waals surface area contributed by atoms with Crippen LogP contribution >= 0.6 is 10.7 Å². The molecular formula is C7H3ClF2N2O2S. The number of halogens is 3. The third-order valence-electron chi connectivity index (χ3n) is 1.51. The zero-order chi connectivity index (χ0) is 11.6. The van der Waals surface area contributed by atoms with Crippen LogP contribution in [0.15, 0.2) is 17.2 Å². The largest absolute Gasteiger partial charge is 0.265 e. The van der Waals surface area contributed by atoms with Gasteiger partial charge in [0.25, 0.3) is 15.5 Å². The van der Waals surface area contributed by atoms with Gasteiger partial charge in [0.15, 0.2) is 0 Å². The zero-order valence-corrected chi connectivity index (χ0v) is 8.56. The second kappa shape index (κ2) is 4.08. The molecule has 0 aliphatic carbocycles. The van der Waals surface area contributed by atoms with Crippen molar-refractivity contribution in [1.82, 2.24) is 4.98 Å². The van der Waals surface area contributed by atoms with Gasteiger partial charge in [-0.25, -0.2) is 22.2 Å². The minimum Gasteiger partial charge on any atom is -0.244 e. The van der Waals surface area contributed by atoms with Crippen molar-refractivity contribution in [2.24, 2.45) is 0 Å². The summed E-state index contributed by atoms with van der Waals surface area (Å²) in [5.74, 6) is 0. The first-order valence-corrected chi connectivity index (χ1v) is 5.80. The van der Waals surface area contributed by atoms with E-state index in [0.29, 0.717) is 12.3 Å². The van der Waals surface area contributed by atoms with Crippen LogP contribution in [0.3, 0.4) is 0 Å². The minimum atomic E-state index is -4.28. The van der Waals surface area contributed by atoms with Crippen molar-refractivity contribution in [3.8, 4) is 6.07 Å². The third-order valence-corrected chi connectivity index (χ3v) is 2.88. The van der Waals surface area contributed by atoms with E-state index in [1.165, 1.54) is 6.07 Å². The molecule has 0 radical (unpaired) electrons. The third kappa shape index (κ3) is 2.61. The smallest absolute Gasteiger partial charge is 0.244 e. The average molecular weight is 253 g/mol. The van der Waals surface area contributed by atoms with Crippen molar-refractivity contribution >= 4 is 19.7 Å². The van der Waals surface area contributed by atoms with Gasteiger partial charge in [-0.15, -0.1) is 0 Å². The minimum absolute atomic E-state index is 0.297. The molecule has 0 N–H and O–H groups in total. The molecule has 0 unspecified atom stereocenters. The summed E-state index contributed by atoms with van der Waals surface area (Å²) in [4.78, 5) is 2.57. The second-order valence-corrected chi connectivity index (χ2v) is 4.99. The molecule has 4 nitrogen and oxygen atoms in total. The lowest BCUT2D eigenvalue weighted by atomic mass is 10.2. The number of nitriles is 1. The molecule has 0 amide bonds. The van der Waals surface area contributed by atoms with E-state index in [4.69, 9.17) is 15.9 Å². The Morgan fingerprint density at radius 2 is 2.13 bits per heavy atom. The number of rotatable bonds is 2. The molecule has 0 bridgehead atoms. The SMILES string of the molecule is N#Cc1cc(C(F)F)c(S(=O)(=O)Cl)cn1. The number of hydrogen-bond donors (Lipinski definition) is 0. The standard InChI is InChI=1S/C7H3ClF2N2O2S/c8-15(13,14)6-3-12-4(2-11)1-5(6)7(9)10/h1,3,7H. The summed E-state index contributed by atoms with van der Waals surface area (Å²) in [6.45, 7) is 0. The highest BCUT2D eigenvalue weighted by atomic mass is 35.7. The van der Waals surface area contributed by atoms with Gasteiger partial charge in [-0.2, -0.15) is 5.26 Å². The van der Waals surface area contributed by atoms with Gasteiger partial charge in [-0.3, -0.25) is 0 Å². The van der Waals surface area contributed by atoms with Gasteiger partial charge in [-0.1, -0.05) is 0 Å². The molecule has 8 heteroatoms. The molecule has 0 aliphatic rings. The lowest BCUT2D eigenvalue weighted by Crippen LogP contribution is -2.01. The first-order chi connectivity index (χ1) is 6.86. The van der Waals surface area contributed by atoms with Crippen molar-refractivity contribution in [3.05, 3.63) is 23.5 Å². The van der Waals surface area contributed by atoms with Crippen LogP contribution in [0.1, 0.15) is 17.7 Å². The highest BCUT2D eigenvalue weighted by Crippen LogP contribution is 2.28. The highest BCUT2D eigenvalue weighted by molar-refractivity contribution is 8.13. The molecule has 1 heterocycles. The number of aromatic nitrogens is 1. The quantitative estimate of drug-likeness (QED) is 0.753. The molecule has 1 rings (SSSR count). The van der Waals surface area contributed by atoms with Crippen LogP contribution in [0.4, 0.5) is 8.78 Å². The predicted octanol–water partition coefficient (Wildman–Crippen LogP) is 1.82. The Labute approximate surface area is 88.5 Å². The second-order valence-electron chi connectivity index (χ2n) is 2.46. The van der Waals surface area contributed by atoms with E-state index in [-0.39, 0.29) is 5.69 Å². The van der Waals surface area contributed by atoms with Crippen LogP contribution in [-0.2, 0) is 9.05 Å². The summed E-state index contributed by atoms with van der Waals surface area (Å²) in [6.07, 6.45) is -2.40. The maximum atomic E-state index is 12.4. The molecule has 1 aromatic heterocycles. The van der Waals surface area contributed by atoms with Crippen LogP contribution in [-0.4, -0.2) is 13.4 Å². The first kappa shape index (κ1) is 11.8. The average Bonchev–Trinajstić information content (AvgIpc) is 2.15. The van der Waals surface area contributed by atoms with Gasteiger partial charge in [0.1, 0.15) is 16.7 Å². The number of hydrogen-bond acceptors (Lipinski definition) is 4. The van der Waals surface area contributed by atoms with Crippen LogP contribution in [0, 0.1) is 11.3 Å². The molecule has 1 aromatic rings. The fraction of sp³-hybridized carbons (Fsp3) is 0.143. The summed E-state index contributed by atoms with van der Waals surface area (Å²) in [6, 6.07) is 2.21. The lowest BCUT2D eigenvalue weighted by Gasteiger charge is -2.04. The summed E-state index contributed by atoms with van der Waals surface area (Å²) >= 11 is 0. The highest BCUT2D eigenvalue weighted by Gasteiger charge is 2.22. The fourth-order valence-corrected chi connectivity index (χ4v) is 1.89. The van der Waals surface area contributed by atoms with Crippen LogP contribution in [0.5, 0.6) is 0 Å². The molecule has 80 valence electrons. The van der Waals surface area contributed by atoms with Crippen molar-refractivity contribution in [2.45, 2.75) is 11.3 Å². The van der Waals surface area contributed by atoms with Gasteiger partial charge in [0.05, 0.1) is 0 Å². The van der Waals surface area contributed by atoms with Gasteiger partial charge >= 0.3 is 0 Å². The Morgan fingerprint density at radius 3 is 2.53 bits per heavy atom. The van der Waals surface area contributed by atoms with Crippen molar-refractivity contribution in [1.29, 1.82) is 5.26 Å². The van der Waals surface area contributed by atoms with Crippen LogP contribution < -0.4 is 0 Å². The Morgan fingerprint density at radius 1 is 1.53 bits per heavy atom. The zero-order valence-electron chi connectivity index (χ0n) is 6.99. The molecule has 0 aliphatic heterocycles. The van der Waals surface area contributed by atoms with Crippen molar-refractivity contribution in [3.63, 3.8) is 0 Å². The fourth-order valence-electron chi connectivity index (χ4n) is 0.894. The first-order valence-electron chi connectivity index (χ1n) is 3.49. The molecular weight excluding hydrogens is 250 g/mol. The van der Waals surface area contributed by atoms with E-state index in [9.17, 15) is 17.2 Å². The monoisotopic (exact) mass is 252 g/mol. The Bertz CT molecular complexity index is 524. The van der Waals surface area contributed by atoms with Gasteiger partial charge in [-0.05, 0) is 6.07 Å². The number of nitrogens with zero attached hydrogens (tertiary/aromatic N) is 2. The molecule has 0 aromatic carbocycles. The van der Waals surface area contributed by atoms with Crippen LogP contribution in [0.2, 0.25) is 0 Å². The number of alkyl halides is 2. The summed E-state index contributed by atoms with van der Waals surface area (Å²) in [5.41, 5.74) is -1.12. The molecule has 0 atom stereocenters. The normalized spacial score (nSPS) is 11.4. The summed E-state index contributed by atoms with van der Waals surface area (Å²) in [5, 5.41) is 8.40. The van der Waals surface area contributed by atoms with E-state index in [1.54, 1.807) is 0 Å². The van der Waals surface area contributed by atoms with E-state index in [2.05, 4.69) is 4.98 Å².